The second-order valence-corrected chi connectivity index (χ2v) is 6.92. The van der Waals surface area contributed by atoms with Crippen LogP contribution in [0.5, 0.6) is 0 Å². The Morgan fingerprint density at radius 3 is 2.61 bits per heavy atom. The highest BCUT2D eigenvalue weighted by atomic mass is 32.2. The van der Waals surface area contributed by atoms with E-state index in [0.717, 1.165) is 16.5 Å². The lowest BCUT2D eigenvalue weighted by Crippen LogP contribution is -2.30. The lowest BCUT2D eigenvalue weighted by molar-refractivity contribution is 0.570. The van der Waals surface area contributed by atoms with Gasteiger partial charge in [-0.1, -0.05) is 18.2 Å². The van der Waals surface area contributed by atoms with Crippen LogP contribution in [0.3, 0.4) is 0 Å². The molecular weight excluding hydrogens is 248 g/mol. The minimum absolute atomic E-state index is 0.558. The standard InChI is InChI=1S/C13H16N2O2S/c1-9(18(2,16)17)13(14)11-7-10-5-3-4-6-12(10)15-8-11/h3-9,13H,14H2,1-2H3. The van der Waals surface area contributed by atoms with E-state index in [0.29, 0.717) is 0 Å². The molecule has 0 fully saturated rings. The third-order valence-corrected chi connectivity index (χ3v) is 4.82. The van der Waals surface area contributed by atoms with E-state index in [1.807, 2.05) is 30.3 Å². The minimum Gasteiger partial charge on any atom is -0.323 e. The highest BCUT2D eigenvalue weighted by molar-refractivity contribution is 7.91. The van der Waals surface area contributed by atoms with Gasteiger partial charge in [0.05, 0.1) is 10.8 Å². The summed E-state index contributed by atoms with van der Waals surface area (Å²) in [5, 5.41) is 0.339. The molecule has 0 spiro atoms. The summed E-state index contributed by atoms with van der Waals surface area (Å²) >= 11 is 0. The zero-order valence-electron chi connectivity index (χ0n) is 10.4. The lowest BCUT2D eigenvalue weighted by atomic mass is 10.1. The predicted octanol–water partition coefficient (Wildman–Crippen LogP) is 1.67. The van der Waals surface area contributed by atoms with Crippen LogP contribution >= 0.6 is 0 Å². The van der Waals surface area contributed by atoms with Crippen molar-refractivity contribution in [3.63, 3.8) is 0 Å². The maximum Gasteiger partial charge on any atom is 0.151 e. The summed E-state index contributed by atoms with van der Waals surface area (Å²) in [5.74, 6) is 0. The van der Waals surface area contributed by atoms with E-state index >= 15 is 0 Å². The molecule has 2 aromatic rings. The van der Waals surface area contributed by atoms with Gasteiger partial charge in [0.1, 0.15) is 0 Å². The molecule has 0 aliphatic heterocycles. The van der Waals surface area contributed by atoms with Gasteiger partial charge in [-0.05, 0) is 24.6 Å². The average Bonchev–Trinajstić information content (AvgIpc) is 2.35. The average molecular weight is 264 g/mol. The highest BCUT2D eigenvalue weighted by Gasteiger charge is 2.24. The monoisotopic (exact) mass is 264 g/mol. The van der Waals surface area contributed by atoms with Gasteiger partial charge in [0.15, 0.2) is 9.84 Å². The van der Waals surface area contributed by atoms with Crippen molar-refractivity contribution in [3.8, 4) is 0 Å². The maximum absolute atomic E-state index is 11.5. The second kappa shape index (κ2) is 4.66. The fraction of sp³-hybridized carbons (Fsp3) is 0.308. The molecule has 0 saturated heterocycles. The Balaban J connectivity index is 2.42. The molecule has 18 heavy (non-hydrogen) atoms. The number of benzene rings is 1. The van der Waals surface area contributed by atoms with Crippen molar-refractivity contribution in [1.82, 2.24) is 4.98 Å². The molecular formula is C13H16N2O2S. The SMILES string of the molecule is CC(C(N)c1cnc2ccccc2c1)S(C)(=O)=O. The number of aromatic nitrogens is 1. The smallest absolute Gasteiger partial charge is 0.151 e. The third kappa shape index (κ3) is 2.52. The van der Waals surface area contributed by atoms with Crippen LogP contribution in [0.1, 0.15) is 18.5 Å². The van der Waals surface area contributed by atoms with Crippen LogP contribution in [0.4, 0.5) is 0 Å². The van der Waals surface area contributed by atoms with Crippen molar-refractivity contribution in [2.75, 3.05) is 6.26 Å². The van der Waals surface area contributed by atoms with Crippen molar-refractivity contribution in [2.45, 2.75) is 18.2 Å². The molecule has 96 valence electrons. The molecule has 1 aromatic carbocycles. The number of hydrogen-bond acceptors (Lipinski definition) is 4. The van der Waals surface area contributed by atoms with Gasteiger partial charge in [0.25, 0.3) is 0 Å². The number of para-hydroxylation sites is 1. The van der Waals surface area contributed by atoms with Crippen molar-refractivity contribution in [1.29, 1.82) is 0 Å². The van der Waals surface area contributed by atoms with Gasteiger partial charge in [0.2, 0.25) is 0 Å². The van der Waals surface area contributed by atoms with Crippen LogP contribution < -0.4 is 5.73 Å². The Morgan fingerprint density at radius 1 is 1.28 bits per heavy atom. The van der Waals surface area contributed by atoms with Crippen LogP contribution in [0.2, 0.25) is 0 Å². The van der Waals surface area contributed by atoms with Crippen molar-refractivity contribution in [2.24, 2.45) is 5.73 Å². The fourth-order valence-electron chi connectivity index (χ4n) is 1.81. The van der Waals surface area contributed by atoms with Crippen LogP contribution in [0, 0.1) is 0 Å². The highest BCUT2D eigenvalue weighted by Crippen LogP contribution is 2.21. The zero-order chi connectivity index (χ0) is 13.3. The molecule has 0 aliphatic rings. The van der Waals surface area contributed by atoms with E-state index in [4.69, 9.17) is 5.73 Å². The number of hydrogen-bond donors (Lipinski definition) is 1. The molecule has 0 amide bonds. The molecule has 1 aromatic heterocycles. The van der Waals surface area contributed by atoms with Crippen molar-refractivity contribution >= 4 is 20.7 Å². The summed E-state index contributed by atoms with van der Waals surface area (Å²) in [6.45, 7) is 1.62. The Kier molecular flexibility index (Phi) is 3.36. The largest absolute Gasteiger partial charge is 0.323 e. The summed E-state index contributed by atoms with van der Waals surface area (Å²) in [6, 6.07) is 9.01. The number of pyridine rings is 1. The predicted molar refractivity (Wildman–Crippen MR) is 73.0 cm³/mol. The first-order valence-corrected chi connectivity index (χ1v) is 7.64. The Morgan fingerprint density at radius 2 is 1.94 bits per heavy atom. The molecule has 2 rings (SSSR count). The quantitative estimate of drug-likeness (QED) is 0.915. The van der Waals surface area contributed by atoms with Gasteiger partial charge in [-0.25, -0.2) is 8.42 Å². The molecule has 0 bridgehead atoms. The van der Waals surface area contributed by atoms with Crippen LogP contribution in [-0.2, 0) is 9.84 Å². The maximum atomic E-state index is 11.5. The van der Waals surface area contributed by atoms with E-state index in [1.54, 1.807) is 13.1 Å². The summed E-state index contributed by atoms with van der Waals surface area (Å²) in [5.41, 5.74) is 7.61. The van der Waals surface area contributed by atoms with E-state index < -0.39 is 21.1 Å². The first kappa shape index (κ1) is 13.0. The summed E-state index contributed by atoms with van der Waals surface area (Å²) in [4.78, 5) is 4.29. The molecule has 5 heteroatoms. The van der Waals surface area contributed by atoms with Gasteiger partial charge in [-0.3, -0.25) is 4.98 Å². The second-order valence-electron chi connectivity index (χ2n) is 4.52. The number of sulfone groups is 1. The van der Waals surface area contributed by atoms with E-state index in [2.05, 4.69) is 4.98 Å². The fourth-order valence-corrected chi connectivity index (χ4v) is 2.50. The molecule has 4 nitrogen and oxygen atoms in total. The minimum atomic E-state index is -3.16. The third-order valence-electron chi connectivity index (χ3n) is 3.18. The van der Waals surface area contributed by atoms with Gasteiger partial charge in [-0.2, -0.15) is 0 Å². The molecule has 0 radical (unpaired) electrons. The number of fused-ring (bicyclic) bond motifs is 1. The van der Waals surface area contributed by atoms with E-state index in [1.165, 1.54) is 6.26 Å². The van der Waals surface area contributed by atoms with Crippen molar-refractivity contribution < 1.29 is 8.42 Å². The zero-order valence-corrected chi connectivity index (χ0v) is 11.2. The summed E-state index contributed by atoms with van der Waals surface area (Å²) in [6.07, 6.45) is 2.85. The van der Waals surface area contributed by atoms with Crippen LogP contribution in [-0.4, -0.2) is 24.9 Å². The van der Waals surface area contributed by atoms with E-state index in [-0.39, 0.29) is 0 Å². The molecule has 0 aliphatic carbocycles. The summed E-state index contributed by atoms with van der Waals surface area (Å²) in [7, 11) is -3.16. The summed E-state index contributed by atoms with van der Waals surface area (Å²) < 4.78 is 23.0. The van der Waals surface area contributed by atoms with Crippen LogP contribution in [0.15, 0.2) is 36.5 Å². The number of nitrogens with two attached hydrogens (primary N) is 1. The molecule has 1 heterocycles. The number of rotatable bonds is 3. The molecule has 2 unspecified atom stereocenters. The van der Waals surface area contributed by atoms with Gasteiger partial charge in [0, 0.05) is 23.9 Å². The Hall–Kier alpha value is -1.46. The Bertz CT molecular complexity index is 668. The Labute approximate surface area is 107 Å². The van der Waals surface area contributed by atoms with Gasteiger partial charge in [-0.15, -0.1) is 0 Å². The van der Waals surface area contributed by atoms with Crippen LogP contribution in [0.25, 0.3) is 10.9 Å². The van der Waals surface area contributed by atoms with Crippen molar-refractivity contribution in [3.05, 3.63) is 42.1 Å². The first-order valence-electron chi connectivity index (χ1n) is 5.69. The molecule has 2 N–H and O–H groups in total. The van der Waals surface area contributed by atoms with Gasteiger partial charge >= 0.3 is 0 Å². The lowest BCUT2D eigenvalue weighted by Gasteiger charge is -2.18. The van der Waals surface area contributed by atoms with E-state index in [9.17, 15) is 8.42 Å². The number of nitrogens with zero attached hydrogens (tertiary/aromatic N) is 1. The molecule has 2 atom stereocenters. The normalized spacial score (nSPS) is 15.5. The molecule has 0 saturated carbocycles. The first-order chi connectivity index (χ1) is 8.39. The topological polar surface area (TPSA) is 73.0 Å². The van der Waals surface area contributed by atoms with Gasteiger partial charge < -0.3 is 5.73 Å².